The molecule has 0 spiro atoms. The lowest BCUT2D eigenvalue weighted by Crippen LogP contribution is -2.31. The second kappa shape index (κ2) is 4.69. The van der Waals surface area contributed by atoms with Crippen LogP contribution in [0.15, 0.2) is 18.2 Å². The molecule has 0 bridgehead atoms. The van der Waals surface area contributed by atoms with Gasteiger partial charge in [-0.1, -0.05) is 11.6 Å². The molecule has 1 aromatic carbocycles. The summed E-state index contributed by atoms with van der Waals surface area (Å²) < 4.78 is 5.27. The van der Waals surface area contributed by atoms with Crippen LogP contribution in [0.5, 0.6) is 5.75 Å². The normalized spacial score (nSPS) is 16.2. The number of carbonyl (C=O) groups is 1. The van der Waals surface area contributed by atoms with Crippen LogP contribution < -0.4 is 9.64 Å². The highest BCUT2D eigenvalue weighted by Gasteiger charge is 2.51. The van der Waals surface area contributed by atoms with Crippen molar-refractivity contribution in [1.82, 2.24) is 0 Å². The van der Waals surface area contributed by atoms with E-state index in [-0.39, 0.29) is 0 Å². The molecule has 1 N–H and O–H groups in total. The van der Waals surface area contributed by atoms with Crippen LogP contribution >= 0.6 is 11.6 Å². The molecule has 0 aromatic heterocycles. The smallest absolute Gasteiger partial charge is 0.311 e. The summed E-state index contributed by atoms with van der Waals surface area (Å²) in [5, 5.41) is 9.81. The zero-order chi connectivity index (χ0) is 13.3. The Morgan fingerprint density at radius 3 is 2.72 bits per heavy atom. The van der Waals surface area contributed by atoms with Gasteiger partial charge in [0.1, 0.15) is 5.75 Å². The Kier molecular flexibility index (Phi) is 3.39. The molecular formula is C13H16ClNO3. The van der Waals surface area contributed by atoms with Gasteiger partial charge in [-0.2, -0.15) is 0 Å². The van der Waals surface area contributed by atoms with E-state index in [0.29, 0.717) is 17.3 Å². The second-order valence-corrected chi connectivity index (χ2v) is 5.19. The van der Waals surface area contributed by atoms with Gasteiger partial charge in [0.25, 0.3) is 0 Å². The topological polar surface area (TPSA) is 49.8 Å². The van der Waals surface area contributed by atoms with Gasteiger partial charge >= 0.3 is 5.97 Å². The highest BCUT2D eigenvalue weighted by molar-refractivity contribution is 6.30. The van der Waals surface area contributed by atoms with E-state index in [1.165, 1.54) is 0 Å². The number of anilines is 1. The van der Waals surface area contributed by atoms with Gasteiger partial charge in [0.15, 0.2) is 0 Å². The Hall–Kier alpha value is -1.42. The van der Waals surface area contributed by atoms with E-state index in [1.807, 2.05) is 11.9 Å². The SMILES string of the molecule is COc1ccc(Cl)cc1N(C)CC1(C(=O)O)CC1. The molecule has 98 valence electrons. The molecule has 18 heavy (non-hydrogen) atoms. The molecule has 1 fully saturated rings. The molecule has 0 radical (unpaired) electrons. The Morgan fingerprint density at radius 1 is 1.56 bits per heavy atom. The van der Waals surface area contributed by atoms with Gasteiger partial charge in [-0.15, -0.1) is 0 Å². The summed E-state index contributed by atoms with van der Waals surface area (Å²) in [5.41, 5.74) is 0.222. The molecule has 1 saturated carbocycles. The van der Waals surface area contributed by atoms with Crippen LogP contribution in [-0.2, 0) is 4.79 Å². The van der Waals surface area contributed by atoms with E-state index in [4.69, 9.17) is 16.3 Å². The average molecular weight is 270 g/mol. The first-order valence-electron chi connectivity index (χ1n) is 5.76. The number of carboxylic acid groups (broad SMARTS) is 1. The quantitative estimate of drug-likeness (QED) is 0.893. The molecule has 0 unspecified atom stereocenters. The third kappa shape index (κ3) is 2.38. The predicted molar refractivity (Wildman–Crippen MR) is 70.6 cm³/mol. The second-order valence-electron chi connectivity index (χ2n) is 4.76. The van der Waals surface area contributed by atoms with Crippen molar-refractivity contribution in [1.29, 1.82) is 0 Å². The van der Waals surface area contributed by atoms with Crippen molar-refractivity contribution in [2.45, 2.75) is 12.8 Å². The zero-order valence-corrected chi connectivity index (χ0v) is 11.2. The van der Waals surface area contributed by atoms with Gasteiger partial charge in [0, 0.05) is 18.6 Å². The number of benzene rings is 1. The average Bonchev–Trinajstić information content (AvgIpc) is 3.10. The summed E-state index contributed by atoms with van der Waals surface area (Å²) in [6, 6.07) is 5.33. The summed E-state index contributed by atoms with van der Waals surface area (Å²) >= 11 is 5.97. The maximum atomic E-state index is 11.2. The van der Waals surface area contributed by atoms with Crippen molar-refractivity contribution in [2.75, 3.05) is 25.6 Å². The number of hydrogen-bond acceptors (Lipinski definition) is 3. The van der Waals surface area contributed by atoms with Gasteiger partial charge < -0.3 is 14.7 Å². The molecule has 1 aliphatic rings. The number of rotatable bonds is 5. The van der Waals surface area contributed by atoms with Gasteiger partial charge in [0.05, 0.1) is 18.2 Å². The highest BCUT2D eigenvalue weighted by atomic mass is 35.5. The maximum Gasteiger partial charge on any atom is 0.311 e. The van der Waals surface area contributed by atoms with Crippen LogP contribution in [0.3, 0.4) is 0 Å². The minimum Gasteiger partial charge on any atom is -0.495 e. The summed E-state index contributed by atoms with van der Waals surface area (Å²) in [4.78, 5) is 13.1. The van der Waals surface area contributed by atoms with E-state index in [9.17, 15) is 9.90 Å². The molecule has 2 rings (SSSR count). The molecule has 0 heterocycles. The third-order valence-corrected chi connectivity index (χ3v) is 3.63. The fourth-order valence-electron chi connectivity index (χ4n) is 2.09. The number of aliphatic carboxylic acids is 1. The van der Waals surface area contributed by atoms with Crippen molar-refractivity contribution < 1.29 is 14.6 Å². The van der Waals surface area contributed by atoms with Crippen molar-refractivity contribution in [3.63, 3.8) is 0 Å². The van der Waals surface area contributed by atoms with Crippen molar-refractivity contribution >= 4 is 23.3 Å². The van der Waals surface area contributed by atoms with Gasteiger partial charge in [0.2, 0.25) is 0 Å². The fourth-order valence-corrected chi connectivity index (χ4v) is 2.26. The Labute approximate surface area is 111 Å². The lowest BCUT2D eigenvalue weighted by molar-refractivity contribution is -0.142. The van der Waals surface area contributed by atoms with Crippen molar-refractivity contribution in [2.24, 2.45) is 5.41 Å². The van der Waals surface area contributed by atoms with Crippen LogP contribution in [0.4, 0.5) is 5.69 Å². The van der Waals surface area contributed by atoms with Crippen LogP contribution in [0.1, 0.15) is 12.8 Å². The van der Waals surface area contributed by atoms with E-state index in [1.54, 1.807) is 25.3 Å². The Morgan fingerprint density at radius 2 is 2.22 bits per heavy atom. The number of hydrogen-bond donors (Lipinski definition) is 1. The fraction of sp³-hybridized carbons (Fsp3) is 0.462. The molecule has 5 heteroatoms. The van der Waals surface area contributed by atoms with Crippen LogP contribution in [0, 0.1) is 5.41 Å². The third-order valence-electron chi connectivity index (χ3n) is 3.40. The van der Waals surface area contributed by atoms with Crippen LogP contribution in [0.25, 0.3) is 0 Å². The van der Waals surface area contributed by atoms with Gasteiger partial charge in [-0.3, -0.25) is 4.79 Å². The van der Waals surface area contributed by atoms with E-state index >= 15 is 0 Å². The number of carboxylic acids is 1. The standard InChI is InChI=1S/C13H16ClNO3/c1-15(8-13(5-6-13)12(16)17)10-7-9(14)3-4-11(10)18-2/h3-4,7H,5-6,8H2,1-2H3,(H,16,17). The minimum atomic E-state index is -0.727. The minimum absolute atomic E-state index is 0.471. The van der Waals surface area contributed by atoms with Gasteiger partial charge in [-0.25, -0.2) is 0 Å². The first-order valence-corrected chi connectivity index (χ1v) is 6.14. The molecular weight excluding hydrogens is 254 g/mol. The lowest BCUT2D eigenvalue weighted by atomic mass is 10.1. The first kappa shape index (κ1) is 13.0. The lowest BCUT2D eigenvalue weighted by Gasteiger charge is -2.25. The molecule has 1 aromatic rings. The molecule has 0 amide bonds. The highest BCUT2D eigenvalue weighted by Crippen LogP contribution is 2.47. The summed E-state index contributed by atoms with van der Waals surface area (Å²) in [6.45, 7) is 0.471. The number of nitrogens with zero attached hydrogens (tertiary/aromatic N) is 1. The van der Waals surface area contributed by atoms with Gasteiger partial charge in [-0.05, 0) is 31.0 Å². The summed E-state index contributed by atoms with van der Waals surface area (Å²) in [5.74, 6) is -0.0292. The van der Waals surface area contributed by atoms with Crippen molar-refractivity contribution in [3.8, 4) is 5.75 Å². The predicted octanol–water partition coefficient (Wildman–Crippen LogP) is 2.65. The number of halogens is 1. The van der Waals surface area contributed by atoms with E-state index in [0.717, 1.165) is 18.5 Å². The number of methoxy groups -OCH3 is 1. The molecule has 1 aliphatic carbocycles. The summed E-state index contributed by atoms with van der Waals surface area (Å²) in [6.07, 6.45) is 1.46. The van der Waals surface area contributed by atoms with E-state index < -0.39 is 11.4 Å². The largest absolute Gasteiger partial charge is 0.495 e. The molecule has 4 nitrogen and oxygen atoms in total. The monoisotopic (exact) mass is 269 g/mol. The van der Waals surface area contributed by atoms with Crippen LogP contribution in [-0.4, -0.2) is 31.8 Å². The Balaban J connectivity index is 2.21. The molecule has 0 atom stereocenters. The Bertz CT molecular complexity index is 471. The maximum absolute atomic E-state index is 11.2. The zero-order valence-electron chi connectivity index (χ0n) is 10.4. The molecule has 0 saturated heterocycles. The molecule has 0 aliphatic heterocycles. The van der Waals surface area contributed by atoms with Crippen LogP contribution in [0.2, 0.25) is 5.02 Å². The number of ether oxygens (including phenoxy) is 1. The van der Waals surface area contributed by atoms with E-state index in [2.05, 4.69) is 0 Å². The summed E-state index contributed by atoms with van der Waals surface area (Å²) in [7, 11) is 3.45. The van der Waals surface area contributed by atoms with Crippen molar-refractivity contribution in [3.05, 3.63) is 23.2 Å². The first-order chi connectivity index (χ1) is 8.48.